The lowest BCUT2D eigenvalue weighted by Crippen LogP contribution is -2.29. The van der Waals surface area contributed by atoms with Crippen LogP contribution in [0.4, 0.5) is 0 Å². The van der Waals surface area contributed by atoms with Crippen molar-refractivity contribution in [2.75, 3.05) is 6.54 Å². The van der Waals surface area contributed by atoms with E-state index in [1.165, 1.54) is 10.3 Å². The van der Waals surface area contributed by atoms with Crippen molar-refractivity contribution < 1.29 is 10.0 Å². The summed E-state index contributed by atoms with van der Waals surface area (Å²) in [6.45, 7) is 5.20. The third-order valence-electron chi connectivity index (χ3n) is 2.92. The minimum absolute atomic E-state index is 0.490. The standard InChI is InChI=1S/C13H18BNO2S/c1-9(2)15-6-5-10-8-18-13-4-3-11(14(16)17)7-12(10)13/h3-4,7-9,15-17H,5-6H2,1-2H3. The summed E-state index contributed by atoms with van der Waals surface area (Å²) in [4.78, 5) is 0. The van der Waals surface area contributed by atoms with Crippen molar-refractivity contribution in [3.05, 3.63) is 29.1 Å². The van der Waals surface area contributed by atoms with Crippen LogP contribution in [0.15, 0.2) is 23.6 Å². The van der Waals surface area contributed by atoms with E-state index in [1.807, 2.05) is 12.1 Å². The molecule has 0 aliphatic carbocycles. The molecule has 5 heteroatoms. The molecular weight excluding hydrogens is 245 g/mol. The first kappa shape index (κ1) is 13.6. The molecule has 0 radical (unpaired) electrons. The third-order valence-corrected chi connectivity index (χ3v) is 3.94. The molecule has 1 heterocycles. The van der Waals surface area contributed by atoms with E-state index >= 15 is 0 Å². The normalized spacial score (nSPS) is 11.4. The molecule has 18 heavy (non-hydrogen) atoms. The fourth-order valence-corrected chi connectivity index (χ4v) is 2.93. The quantitative estimate of drug-likeness (QED) is 0.709. The summed E-state index contributed by atoms with van der Waals surface area (Å²) in [7, 11) is -1.39. The number of rotatable bonds is 5. The van der Waals surface area contributed by atoms with Crippen molar-refractivity contribution in [1.29, 1.82) is 0 Å². The van der Waals surface area contributed by atoms with Crippen molar-refractivity contribution in [2.24, 2.45) is 0 Å². The van der Waals surface area contributed by atoms with E-state index < -0.39 is 7.12 Å². The molecule has 0 unspecified atom stereocenters. The second kappa shape index (κ2) is 5.84. The highest BCUT2D eigenvalue weighted by Crippen LogP contribution is 2.25. The Balaban J connectivity index is 2.20. The topological polar surface area (TPSA) is 52.5 Å². The summed E-state index contributed by atoms with van der Waals surface area (Å²) in [5.74, 6) is 0. The Labute approximate surface area is 112 Å². The van der Waals surface area contributed by atoms with Crippen LogP contribution in [0.1, 0.15) is 19.4 Å². The zero-order valence-corrected chi connectivity index (χ0v) is 11.5. The number of hydrogen-bond acceptors (Lipinski definition) is 4. The molecule has 0 amide bonds. The summed E-state index contributed by atoms with van der Waals surface area (Å²) >= 11 is 1.70. The number of hydrogen-bond donors (Lipinski definition) is 3. The number of fused-ring (bicyclic) bond motifs is 1. The van der Waals surface area contributed by atoms with Crippen LogP contribution in [-0.4, -0.2) is 29.8 Å². The van der Waals surface area contributed by atoms with Gasteiger partial charge < -0.3 is 15.4 Å². The van der Waals surface area contributed by atoms with Crippen molar-refractivity contribution >= 4 is 34.0 Å². The highest BCUT2D eigenvalue weighted by molar-refractivity contribution is 7.17. The summed E-state index contributed by atoms with van der Waals surface area (Å²) in [6, 6.07) is 6.08. The minimum Gasteiger partial charge on any atom is -0.423 e. The van der Waals surface area contributed by atoms with Crippen LogP contribution < -0.4 is 10.8 Å². The predicted octanol–water partition coefficient (Wildman–Crippen LogP) is 1.12. The van der Waals surface area contributed by atoms with Gasteiger partial charge in [-0.15, -0.1) is 11.3 Å². The van der Waals surface area contributed by atoms with Gasteiger partial charge in [-0.05, 0) is 40.8 Å². The van der Waals surface area contributed by atoms with E-state index in [9.17, 15) is 10.0 Å². The van der Waals surface area contributed by atoms with Gasteiger partial charge in [0.05, 0.1) is 0 Å². The van der Waals surface area contributed by atoms with Gasteiger partial charge >= 0.3 is 7.12 Å². The van der Waals surface area contributed by atoms with E-state index in [0.29, 0.717) is 11.5 Å². The van der Waals surface area contributed by atoms with Crippen LogP contribution in [-0.2, 0) is 6.42 Å². The Bertz CT molecular complexity index is 525. The molecule has 2 aromatic rings. The fraction of sp³-hybridized carbons (Fsp3) is 0.385. The van der Waals surface area contributed by atoms with Gasteiger partial charge in [-0.3, -0.25) is 0 Å². The van der Waals surface area contributed by atoms with Gasteiger partial charge in [0, 0.05) is 10.7 Å². The lowest BCUT2D eigenvalue weighted by atomic mass is 9.80. The summed E-state index contributed by atoms with van der Waals surface area (Å²) < 4.78 is 1.19. The van der Waals surface area contributed by atoms with Gasteiger partial charge in [0.25, 0.3) is 0 Å². The Morgan fingerprint density at radius 1 is 1.33 bits per heavy atom. The summed E-state index contributed by atoms with van der Waals surface area (Å²) in [5, 5.41) is 25.1. The third kappa shape index (κ3) is 3.11. The molecule has 0 saturated carbocycles. The lowest BCUT2D eigenvalue weighted by molar-refractivity contribution is 0.426. The number of nitrogens with one attached hydrogen (secondary N) is 1. The molecule has 0 aliphatic rings. The van der Waals surface area contributed by atoms with Crippen molar-refractivity contribution in [3.63, 3.8) is 0 Å². The van der Waals surface area contributed by atoms with E-state index in [1.54, 1.807) is 17.4 Å². The molecule has 0 fully saturated rings. The highest BCUT2D eigenvalue weighted by Gasteiger charge is 2.13. The zero-order valence-electron chi connectivity index (χ0n) is 10.7. The second-order valence-corrected chi connectivity index (χ2v) is 5.66. The molecule has 0 bridgehead atoms. The summed E-state index contributed by atoms with van der Waals surface area (Å²) in [5.41, 5.74) is 1.82. The van der Waals surface area contributed by atoms with Crippen molar-refractivity contribution in [2.45, 2.75) is 26.3 Å². The van der Waals surface area contributed by atoms with Gasteiger partial charge in [0.15, 0.2) is 0 Å². The van der Waals surface area contributed by atoms with E-state index in [-0.39, 0.29) is 0 Å². The molecule has 1 aromatic heterocycles. The Hall–Kier alpha value is -0.875. The van der Waals surface area contributed by atoms with Crippen molar-refractivity contribution in [3.8, 4) is 0 Å². The highest BCUT2D eigenvalue weighted by atomic mass is 32.1. The van der Waals surface area contributed by atoms with Crippen LogP contribution in [0.2, 0.25) is 0 Å². The molecule has 0 atom stereocenters. The van der Waals surface area contributed by atoms with E-state index in [4.69, 9.17) is 0 Å². The first-order valence-corrected chi connectivity index (χ1v) is 7.05. The van der Waals surface area contributed by atoms with Crippen LogP contribution in [0.3, 0.4) is 0 Å². The molecule has 0 saturated heterocycles. The Morgan fingerprint density at radius 3 is 2.78 bits per heavy atom. The first-order valence-electron chi connectivity index (χ1n) is 6.17. The molecule has 0 spiro atoms. The molecule has 3 N–H and O–H groups in total. The average Bonchev–Trinajstić information content (AvgIpc) is 2.71. The molecule has 0 aliphatic heterocycles. The zero-order chi connectivity index (χ0) is 13.1. The van der Waals surface area contributed by atoms with E-state index in [2.05, 4.69) is 24.5 Å². The smallest absolute Gasteiger partial charge is 0.423 e. The average molecular weight is 263 g/mol. The van der Waals surface area contributed by atoms with Gasteiger partial charge in [-0.25, -0.2) is 0 Å². The maximum Gasteiger partial charge on any atom is 0.488 e. The van der Waals surface area contributed by atoms with Crippen LogP contribution in [0, 0.1) is 0 Å². The fourth-order valence-electron chi connectivity index (χ4n) is 1.95. The molecule has 1 aromatic carbocycles. The van der Waals surface area contributed by atoms with Crippen molar-refractivity contribution in [1.82, 2.24) is 5.32 Å². The number of benzene rings is 1. The first-order chi connectivity index (χ1) is 8.58. The minimum atomic E-state index is -1.39. The Morgan fingerprint density at radius 2 is 2.11 bits per heavy atom. The van der Waals surface area contributed by atoms with Gasteiger partial charge in [-0.1, -0.05) is 26.0 Å². The van der Waals surface area contributed by atoms with Crippen LogP contribution in [0.25, 0.3) is 10.1 Å². The van der Waals surface area contributed by atoms with Gasteiger partial charge in [0.1, 0.15) is 0 Å². The predicted molar refractivity (Wildman–Crippen MR) is 78.5 cm³/mol. The molecular formula is C13H18BNO2S. The summed E-state index contributed by atoms with van der Waals surface area (Å²) in [6.07, 6.45) is 0.961. The van der Waals surface area contributed by atoms with Gasteiger partial charge in [-0.2, -0.15) is 0 Å². The maximum absolute atomic E-state index is 9.21. The van der Waals surface area contributed by atoms with Gasteiger partial charge in [0.2, 0.25) is 0 Å². The largest absolute Gasteiger partial charge is 0.488 e. The Kier molecular flexibility index (Phi) is 4.40. The maximum atomic E-state index is 9.21. The molecule has 3 nitrogen and oxygen atoms in total. The lowest BCUT2D eigenvalue weighted by Gasteiger charge is -2.07. The van der Waals surface area contributed by atoms with E-state index in [0.717, 1.165) is 18.4 Å². The molecule has 2 rings (SSSR count). The molecule has 96 valence electrons. The van der Waals surface area contributed by atoms with Crippen LogP contribution >= 0.6 is 11.3 Å². The van der Waals surface area contributed by atoms with Crippen LogP contribution in [0.5, 0.6) is 0 Å². The second-order valence-electron chi connectivity index (χ2n) is 4.75. The number of thiophene rings is 1. The SMILES string of the molecule is CC(C)NCCc1csc2ccc(B(O)O)cc12. The monoisotopic (exact) mass is 263 g/mol.